The van der Waals surface area contributed by atoms with Crippen LogP contribution in [0.5, 0.6) is 5.75 Å². The molecular weight excluding hydrogens is 368 g/mol. The highest BCUT2D eigenvalue weighted by molar-refractivity contribution is 6.04. The molecule has 1 saturated heterocycles. The summed E-state index contributed by atoms with van der Waals surface area (Å²) in [4.78, 5) is 31.3. The van der Waals surface area contributed by atoms with Crippen LogP contribution in [-0.4, -0.2) is 23.7 Å². The van der Waals surface area contributed by atoms with Crippen LogP contribution in [0, 0.1) is 0 Å². The number of para-hydroxylation sites is 1. The molecule has 1 atom stereocenters. The van der Waals surface area contributed by atoms with Gasteiger partial charge in [-0.15, -0.1) is 0 Å². The van der Waals surface area contributed by atoms with Crippen molar-refractivity contribution in [2.24, 2.45) is 0 Å². The lowest BCUT2D eigenvalue weighted by Gasteiger charge is -2.25. The summed E-state index contributed by atoms with van der Waals surface area (Å²) in [5.74, 6) is -0.188. The van der Waals surface area contributed by atoms with Crippen molar-refractivity contribution in [2.45, 2.75) is 6.04 Å². The fourth-order valence-corrected chi connectivity index (χ4v) is 3.28. The van der Waals surface area contributed by atoms with E-state index in [0.717, 1.165) is 5.56 Å². The molecule has 2 aromatic carbocycles. The lowest BCUT2D eigenvalue weighted by atomic mass is 10.0. The fraction of sp³-hybridized carbons (Fsp3) is 0.0870. The minimum Gasteiger partial charge on any atom is -0.447 e. The standard InChI is InChI=1S/C23H18N2O4/c1-2-19-21(25-20(15-28-23(25)27)16-9-5-3-6-10-16)18(13-14-24-19)22(26)29-17-11-7-4-8-12-17/h2-14,20H,1,15H2/t20-/m0/s1. The maximum Gasteiger partial charge on any atom is 0.415 e. The molecule has 1 aliphatic heterocycles. The number of carbonyl (C=O) groups is 2. The van der Waals surface area contributed by atoms with E-state index < -0.39 is 18.1 Å². The van der Waals surface area contributed by atoms with Crippen molar-refractivity contribution in [3.05, 3.63) is 96.3 Å². The number of ether oxygens (including phenoxy) is 2. The van der Waals surface area contributed by atoms with Gasteiger partial charge in [0.1, 0.15) is 12.4 Å². The Morgan fingerprint density at radius 2 is 1.79 bits per heavy atom. The molecular formula is C23H18N2O4. The second kappa shape index (κ2) is 7.98. The molecule has 2 heterocycles. The quantitative estimate of drug-likeness (QED) is 0.472. The number of benzene rings is 2. The zero-order chi connectivity index (χ0) is 20.2. The number of carbonyl (C=O) groups excluding carboxylic acids is 2. The molecule has 0 unspecified atom stereocenters. The van der Waals surface area contributed by atoms with Gasteiger partial charge in [0.2, 0.25) is 0 Å². The van der Waals surface area contributed by atoms with Crippen LogP contribution >= 0.6 is 0 Å². The van der Waals surface area contributed by atoms with Crippen molar-refractivity contribution in [3.63, 3.8) is 0 Å². The van der Waals surface area contributed by atoms with E-state index in [1.807, 2.05) is 36.4 Å². The van der Waals surface area contributed by atoms with Crippen LogP contribution in [0.2, 0.25) is 0 Å². The SMILES string of the molecule is C=Cc1nccc(C(=O)Oc2ccccc2)c1N1C(=O)OC[C@H]1c1ccccc1. The van der Waals surface area contributed by atoms with Gasteiger partial charge in [0.05, 0.1) is 23.0 Å². The highest BCUT2D eigenvalue weighted by Crippen LogP contribution is 2.37. The van der Waals surface area contributed by atoms with Gasteiger partial charge in [-0.2, -0.15) is 0 Å². The molecule has 0 aliphatic carbocycles. The molecule has 0 radical (unpaired) electrons. The first kappa shape index (κ1) is 18.4. The molecule has 6 nitrogen and oxygen atoms in total. The Morgan fingerprint density at radius 3 is 2.48 bits per heavy atom. The molecule has 144 valence electrons. The Hall–Kier alpha value is -3.93. The van der Waals surface area contributed by atoms with E-state index in [4.69, 9.17) is 9.47 Å². The van der Waals surface area contributed by atoms with Gasteiger partial charge in [0.15, 0.2) is 0 Å². The molecule has 1 aromatic heterocycles. The Labute approximate surface area is 168 Å². The first-order chi connectivity index (χ1) is 14.2. The number of esters is 1. The number of aromatic nitrogens is 1. The molecule has 1 amide bonds. The van der Waals surface area contributed by atoms with Crippen molar-refractivity contribution in [2.75, 3.05) is 11.5 Å². The highest BCUT2D eigenvalue weighted by Gasteiger charge is 2.39. The van der Waals surface area contributed by atoms with Gasteiger partial charge < -0.3 is 9.47 Å². The number of hydrogen-bond acceptors (Lipinski definition) is 5. The summed E-state index contributed by atoms with van der Waals surface area (Å²) >= 11 is 0. The van der Waals surface area contributed by atoms with Gasteiger partial charge in [-0.05, 0) is 29.8 Å². The van der Waals surface area contributed by atoms with E-state index in [1.165, 1.54) is 23.2 Å². The molecule has 0 N–H and O–H groups in total. The molecule has 0 bridgehead atoms. The van der Waals surface area contributed by atoms with Gasteiger partial charge >= 0.3 is 12.1 Å². The van der Waals surface area contributed by atoms with Gasteiger partial charge in [0.25, 0.3) is 0 Å². The van der Waals surface area contributed by atoms with Crippen LogP contribution in [0.15, 0.2) is 79.5 Å². The number of hydrogen-bond donors (Lipinski definition) is 0. The first-order valence-electron chi connectivity index (χ1n) is 9.08. The minimum atomic E-state index is -0.594. The third-order valence-electron chi connectivity index (χ3n) is 4.62. The predicted molar refractivity (Wildman–Crippen MR) is 109 cm³/mol. The average molecular weight is 386 g/mol. The number of anilines is 1. The van der Waals surface area contributed by atoms with Crippen molar-refractivity contribution in [1.29, 1.82) is 0 Å². The van der Waals surface area contributed by atoms with E-state index in [9.17, 15) is 9.59 Å². The second-order valence-electron chi connectivity index (χ2n) is 6.37. The summed E-state index contributed by atoms with van der Waals surface area (Å²) < 4.78 is 10.8. The predicted octanol–water partition coefficient (Wildman–Crippen LogP) is 4.64. The monoisotopic (exact) mass is 386 g/mol. The third kappa shape index (κ3) is 3.60. The summed E-state index contributed by atoms with van der Waals surface area (Å²) in [5, 5.41) is 0. The van der Waals surface area contributed by atoms with Crippen LogP contribution in [-0.2, 0) is 4.74 Å². The van der Waals surface area contributed by atoms with Crippen LogP contribution in [0.1, 0.15) is 27.7 Å². The topological polar surface area (TPSA) is 68.7 Å². The molecule has 4 rings (SSSR count). The highest BCUT2D eigenvalue weighted by atomic mass is 16.6. The Morgan fingerprint density at radius 1 is 1.10 bits per heavy atom. The first-order valence-corrected chi connectivity index (χ1v) is 9.08. The summed E-state index contributed by atoms with van der Waals surface area (Å²) in [5.41, 5.74) is 1.81. The van der Waals surface area contributed by atoms with Gasteiger partial charge in [-0.3, -0.25) is 9.88 Å². The Bertz CT molecular complexity index is 1050. The van der Waals surface area contributed by atoms with E-state index in [0.29, 0.717) is 17.1 Å². The van der Waals surface area contributed by atoms with E-state index >= 15 is 0 Å². The van der Waals surface area contributed by atoms with E-state index in [1.54, 1.807) is 24.3 Å². The van der Waals surface area contributed by atoms with Crippen molar-refractivity contribution in [1.82, 2.24) is 4.98 Å². The van der Waals surface area contributed by atoms with E-state index in [2.05, 4.69) is 11.6 Å². The van der Waals surface area contributed by atoms with Gasteiger partial charge in [0, 0.05) is 6.20 Å². The molecule has 1 fully saturated rings. The van der Waals surface area contributed by atoms with Crippen LogP contribution in [0.4, 0.5) is 10.5 Å². The lowest BCUT2D eigenvalue weighted by Crippen LogP contribution is -2.30. The molecule has 1 aliphatic rings. The number of nitrogens with zero attached hydrogens (tertiary/aromatic N) is 2. The van der Waals surface area contributed by atoms with Crippen molar-refractivity contribution < 1.29 is 19.1 Å². The van der Waals surface area contributed by atoms with Crippen LogP contribution in [0.3, 0.4) is 0 Å². The summed E-state index contributed by atoms with van der Waals surface area (Å²) in [6, 6.07) is 19.4. The third-order valence-corrected chi connectivity index (χ3v) is 4.62. The number of cyclic esters (lactones) is 1. The number of rotatable bonds is 5. The number of pyridine rings is 1. The van der Waals surface area contributed by atoms with Crippen molar-refractivity contribution >= 4 is 23.8 Å². The molecule has 29 heavy (non-hydrogen) atoms. The summed E-state index contributed by atoms with van der Waals surface area (Å²) in [7, 11) is 0. The Balaban J connectivity index is 1.78. The maximum absolute atomic E-state index is 12.9. The lowest BCUT2D eigenvalue weighted by molar-refractivity contribution is 0.0735. The summed E-state index contributed by atoms with van der Waals surface area (Å²) in [6.07, 6.45) is 2.44. The van der Waals surface area contributed by atoms with Crippen LogP contribution in [0.25, 0.3) is 6.08 Å². The molecule has 3 aromatic rings. The largest absolute Gasteiger partial charge is 0.447 e. The number of amides is 1. The van der Waals surface area contributed by atoms with Crippen LogP contribution < -0.4 is 9.64 Å². The summed E-state index contributed by atoms with van der Waals surface area (Å²) in [6.45, 7) is 3.94. The fourth-order valence-electron chi connectivity index (χ4n) is 3.28. The maximum atomic E-state index is 12.9. The van der Waals surface area contributed by atoms with Gasteiger partial charge in [-0.25, -0.2) is 9.59 Å². The minimum absolute atomic E-state index is 0.168. The van der Waals surface area contributed by atoms with E-state index in [-0.39, 0.29) is 12.2 Å². The molecule has 0 saturated carbocycles. The normalized spacial score (nSPS) is 15.7. The Kier molecular flexibility index (Phi) is 5.07. The second-order valence-corrected chi connectivity index (χ2v) is 6.37. The molecule has 0 spiro atoms. The zero-order valence-corrected chi connectivity index (χ0v) is 15.5. The smallest absolute Gasteiger partial charge is 0.415 e. The average Bonchev–Trinajstić information content (AvgIpc) is 3.15. The van der Waals surface area contributed by atoms with Crippen molar-refractivity contribution in [3.8, 4) is 5.75 Å². The zero-order valence-electron chi connectivity index (χ0n) is 15.5. The van der Waals surface area contributed by atoms with Gasteiger partial charge in [-0.1, -0.05) is 55.1 Å². The molecule has 6 heteroatoms.